The molecule has 1 aliphatic rings. The maximum absolute atomic E-state index is 6.10. The summed E-state index contributed by atoms with van der Waals surface area (Å²) < 4.78 is 7.98. The first-order valence-corrected chi connectivity index (χ1v) is 9.74. The van der Waals surface area contributed by atoms with E-state index < -0.39 is 0 Å². The van der Waals surface area contributed by atoms with Gasteiger partial charge in [-0.25, -0.2) is 4.98 Å². The minimum Gasteiger partial charge on any atom is -0.496 e. The average Bonchev–Trinajstić information content (AvgIpc) is 3.12. The Morgan fingerprint density at radius 2 is 1.75 bits per heavy atom. The van der Waals surface area contributed by atoms with Crippen molar-refractivity contribution in [3.8, 4) is 5.75 Å². The Morgan fingerprint density at radius 1 is 1.00 bits per heavy atom. The lowest BCUT2D eigenvalue weighted by molar-refractivity contribution is 0.392. The number of methoxy groups -OCH3 is 1. The standard InChI is InChI=1S/C23H20ClN3O/c1-28-22-9-5-2-6-17(22)21-14-19(15-10-12-16(24)13-11-15)26-23-25-18-7-3-4-8-20(18)27(21)23/h2-13,19,21H,14H2,1H3,(H,25,26)/t19-,21+/m0/s1. The molecule has 0 unspecified atom stereocenters. The molecule has 2 heterocycles. The molecule has 2 atom stereocenters. The van der Waals surface area contributed by atoms with Crippen LogP contribution in [0.15, 0.2) is 72.8 Å². The highest BCUT2D eigenvalue weighted by Gasteiger charge is 2.32. The number of ether oxygens (including phenoxy) is 1. The van der Waals surface area contributed by atoms with Crippen molar-refractivity contribution in [1.29, 1.82) is 0 Å². The third-order valence-electron chi connectivity index (χ3n) is 5.44. The molecule has 1 aliphatic heterocycles. The molecule has 0 aliphatic carbocycles. The zero-order valence-corrected chi connectivity index (χ0v) is 16.2. The minimum atomic E-state index is 0.112. The zero-order valence-electron chi connectivity index (χ0n) is 15.5. The summed E-state index contributed by atoms with van der Waals surface area (Å²) in [6.07, 6.45) is 0.884. The van der Waals surface area contributed by atoms with Crippen molar-refractivity contribution in [2.75, 3.05) is 12.4 Å². The van der Waals surface area contributed by atoms with E-state index in [4.69, 9.17) is 21.3 Å². The van der Waals surface area contributed by atoms with Crippen LogP contribution in [-0.2, 0) is 0 Å². The number of hydrogen-bond donors (Lipinski definition) is 1. The Labute approximate surface area is 168 Å². The molecule has 140 valence electrons. The number of para-hydroxylation sites is 3. The molecule has 4 aromatic rings. The van der Waals surface area contributed by atoms with E-state index in [1.165, 1.54) is 5.56 Å². The summed E-state index contributed by atoms with van der Waals surface area (Å²) in [7, 11) is 1.73. The smallest absolute Gasteiger partial charge is 0.204 e. The zero-order chi connectivity index (χ0) is 19.1. The molecule has 0 amide bonds. The van der Waals surface area contributed by atoms with Crippen LogP contribution in [0.25, 0.3) is 11.0 Å². The van der Waals surface area contributed by atoms with Gasteiger partial charge >= 0.3 is 0 Å². The van der Waals surface area contributed by atoms with Crippen molar-refractivity contribution < 1.29 is 4.74 Å². The number of benzene rings is 3. The number of anilines is 1. The van der Waals surface area contributed by atoms with Gasteiger partial charge in [-0.1, -0.05) is 54.1 Å². The molecular weight excluding hydrogens is 370 g/mol. The normalized spacial score (nSPS) is 18.5. The lowest BCUT2D eigenvalue weighted by Gasteiger charge is -2.34. The Balaban J connectivity index is 1.68. The molecule has 0 saturated carbocycles. The summed E-state index contributed by atoms with van der Waals surface area (Å²) in [5, 5.41) is 4.37. The monoisotopic (exact) mass is 389 g/mol. The molecule has 28 heavy (non-hydrogen) atoms. The first-order chi connectivity index (χ1) is 13.7. The van der Waals surface area contributed by atoms with Gasteiger partial charge in [0.1, 0.15) is 5.75 Å². The summed E-state index contributed by atoms with van der Waals surface area (Å²) in [6.45, 7) is 0. The lowest BCUT2D eigenvalue weighted by Crippen LogP contribution is -2.27. The predicted molar refractivity (Wildman–Crippen MR) is 113 cm³/mol. The van der Waals surface area contributed by atoms with E-state index >= 15 is 0 Å². The van der Waals surface area contributed by atoms with Crippen LogP contribution in [0.2, 0.25) is 5.02 Å². The van der Waals surface area contributed by atoms with Crippen LogP contribution in [0.4, 0.5) is 5.95 Å². The Kier molecular flexibility index (Phi) is 4.21. The van der Waals surface area contributed by atoms with Crippen LogP contribution in [-0.4, -0.2) is 16.7 Å². The third-order valence-corrected chi connectivity index (χ3v) is 5.69. The van der Waals surface area contributed by atoms with Gasteiger partial charge in [-0.2, -0.15) is 0 Å². The van der Waals surface area contributed by atoms with E-state index in [1.807, 2.05) is 30.3 Å². The van der Waals surface area contributed by atoms with Gasteiger partial charge in [-0.3, -0.25) is 0 Å². The van der Waals surface area contributed by atoms with Gasteiger partial charge in [0.2, 0.25) is 5.95 Å². The Hall–Kier alpha value is -2.98. The van der Waals surface area contributed by atoms with Gasteiger partial charge < -0.3 is 14.6 Å². The van der Waals surface area contributed by atoms with Crippen molar-refractivity contribution in [1.82, 2.24) is 9.55 Å². The number of nitrogens with zero attached hydrogens (tertiary/aromatic N) is 2. The number of fused-ring (bicyclic) bond motifs is 3. The fraction of sp³-hybridized carbons (Fsp3) is 0.174. The van der Waals surface area contributed by atoms with Crippen LogP contribution in [0.5, 0.6) is 5.75 Å². The first kappa shape index (κ1) is 17.1. The average molecular weight is 390 g/mol. The highest BCUT2D eigenvalue weighted by atomic mass is 35.5. The fourth-order valence-electron chi connectivity index (χ4n) is 4.13. The summed E-state index contributed by atoms with van der Waals surface area (Å²) >= 11 is 6.10. The second kappa shape index (κ2) is 6.88. The molecule has 0 fully saturated rings. The molecule has 0 bridgehead atoms. The maximum Gasteiger partial charge on any atom is 0.204 e. The lowest BCUT2D eigenvalue weighted by atomic mass is 9.92. The van der Waals surface area contributed by atoms with Gasteiger partial charge in [-0.15, -0.1) is 0 Å². The largest absolute Gasteiger partial charge is 0.496 e. The SMILES string of the molecule is COc1ccccc1[C@H]1C[C@@H](c2ccc(Cl)cc2)Nc2nc3ccccc3n21. The molecule has 5 rings (SSSR count). The molecule has 1 N–H and O–H groups in total. The van der Waals surface area contributed by atoms with Crippen molar-refractivity contribution >= 4 is 28.6 Å². The second-order valence-electron chi connectivity index (χ2n) is 7.04. The van der Waals surface area contributed by atoms with Crippen LogP contribution < -0.4 is 10.1 Å². The van der Waals surface area contributed by atoms with E-state index in [9.17, 15) is 0 Å². The van der Waals surface area contributed by atoms with E-state index in [1.54, 1.807) is 7.11 Å². The summed E-state index contributed by atoms with van der Waals surface area (Å²) in [6, 6.07) is 24.8. The summed E-state index contributed by atoms with van der Waals surface area (Å²) in [5.74, 6) is 1.77. The molecule has 4 nitrogen and oxygen atoms in total. The number of rotatable bonds is 3. The topological polar surface area (TPSA) is 39.1 Å². The van der Waals surface area contributed by atoms with Crippen molar-refractivity contribution in [3.63, 3.8) is 0 Å². The van der Waals surface area contributed by atoms with Gasteiger partial charge in [-0.05, 0) is 42.3 Å². The number of aromatic nitrogens is 2. The predicted octanol–water partition coefficient (Wildman–Crippen LogP) is 5.84. The van der Waals surface area contributed by atoms with Crippen LogP contribution >= 0.6 is 11.6 Å². The third kappa shape index (κ3) is 2.81. The highest BCUT2D eigenvalue weighted by molar-refractivity contribution is 6.30. The quantitative estimate of drug-likeness (QED) is 0.478. The molecule has 0 saturated heterocycles. The number of halogens is 1. The van der Waals surface area contributed by atoms with Crippen molar-refractivity contribution in [3.05, 3.63) is 88.9 Å². The minimum absolute atomic E-state index is 0.112. The van der Waals surface area contributed by atoms with Crippen LogP contribution in [0.3, 0.4) is 0 Å². The molecule has 5 heteroatoms. The highest BCUT2D eigenvalue weighted by Crippen LogP contribution is 2.43. The van der Waals surface area contributed by atoms with Crippen LogP contribution in [0.1, 0.15) is 29.6 Å². The summed E-state index contributed by atoms with van der Waals surface area (Å²) in [5.41, 5.74) is 4.47. The van der Waals surface area contributed by atoms with E-state index in [0.717, 1.165) is 39.7 Å². The summed E-state index contributed by atoms with van der Waals surface area (Å²) in [4.78, 5) is 4.86. The van der Waals surface area contributed by atoms with E-state index in [2.05, 4.69) is 52.3 Å². The van der Waals surface area contributed by atoms with Crippen molar-refractivity contribution in [2.24, 2.45) is 0 Å². The molecular formula is C23H20ClN3O. The van der Waals surface area contributed by atoms with Gasteiger partial charge in [0, 0.05) is 10.6 Å². The maximum atomic E-state index is 6.10. The van der Waals surface area contributed by atoms with Crippen LogP contribution in [0, 0.1) is 0 Å². The second-order valence-corrected chi connectivity index (χ2v) is 7.47. The Bertz CT molecular complexity index is 1140. The van der Waals surface area contributed by atoms with Gasteiger partial charge in [0.05, 0.1) is 30.2 Å². The molecule has 0 spiro atoms. The van der Waals surface area contributed by atoms with Crippen molar-refractivity contribution in [2.45, 2.75) is 18.5 Å². The number of imidazole rings is 1. The van der Waals surface area contributed by atoms with Gasteiger partial charge in [0.25, 0.3) is 0 Å². The first-order valence-electron chi connectivity index (χ1n) is 9.36. The van der Waals surface area contributed by atoms with E-state index in [-0.39, 0.29) is 12.1 Å². The fourth-order valence-corrected chi connectivity index (χ4v) is 4.25. The van der Waals surface area contributed by atoms with Gasteiger partial charge in [0.15, 0.2) is 0 Å². The Morgan fingerprint density at radius 3 is 2.57 bits per heavy atom. The number of nitrogens with one attached hydrogen (secondary N) is 1. The number of hydrogen-bond acceptors (Lipinski definition) is 3. The van der Waals surface area contributed by atoms with E-state index in [0.29, 0.717) is 0 Å². The molecule has 0 radical (unpaired) electrons. The molecule has 1 aromatic heterocycles. The molecule has 3 aromatic carbocycles.